The van der Waals surface area contributed by atoms with Gasteiger partial charge in [0.2, 0.25) is 5.82 Å². The van der Waals surface area contributed by atoms with E-state index in [1.807, 2.05) is 12.1 Å². The van der Waals surface area contributed by atoms with E-state index in [4.69, 9.17) is 5.73 Å². The standard InChI is InChI=1S/C8H14N3/c1-11(2,3)8-5-4-7(9)6-10-8/h4-6H,9H2,1-3H3/q+1. The molecular formula is C8H14N3+. The van der Waals surface area contributed by atoms with E-state index in [0.29, 0.717) is 5.69 Å². The molecule has 0 aliphatic rings. The molecule has 0 fully saturated rings. The first-order valence-corrected chi connectivity index (χ1v) is 3.54. The zero-order chi connectivity index (χ0) is 8.48. The van der Waals surface area contributed by atoms with Crippen molar-refractivity contribution in [1.29, 1.82) is 0 Å². The molecule has 0 aromatic carbocycles. The van der Waals surface area contributed by atoms with E-state index in [1.54, 1.807) is 6.20 Å². The SMILES string of the molecule is C[N+](C)(C)c1ccc(N)cn1. The van der Waals surface area contributed by atoms with E-state index in [-0.39, 0.29) is 0 Å². The number of hydrogen-bond acceptors (Lipinski definition) is 2. The van der Waals surface area contributed by atoms with Crippen LogP contribution >= 0.6 is 0 Å². The van der Waals surface area contributed by atoms with Crippen molar-refractivity contribution in [2.24, 2.45) is 0 Å². The number of nitrogen functional groups attached to an aromatic ring is 1. The van der Waals surface area contributed by atoms with E-state index >= 15 is 0 Å². The summed E-state index contributed by atoms with van der Waals surface area (Å²) in [7, 11) is 6.20. The monoisotopic (exact) mass is 152 g/mol. The number of anilines is 1. The average molecular weight is 152 g/mol. The third-order valence-corrected chi connectivity index (χ3v) is 1.46. The molecule has 0 atom stereocenters. The highest BCUT2D eigenvalue weighted by atomic mass is 15.3. The number of rotatable bonds is 1. The first kappa shape index (κ1) is 8.01. The molecule has 1 aromatic rings. The predicted molar refractivity (Wildman–Crippen MR) is 48.2 cm³/mol. The van der Waals surface area contributed by atoms with Crippen molar-refractivity contribution in [3.63, 3.8) is 0 Å². The minimum absolute atomic E-state index is 0.710. The normalized spacial score (nSPS) is 11.5. The molecule has 1 heterocycles. The summed E-state index contributed by atoms with van der Waals surface area (Å²) in [4.78, 5) is 4.20. The van der Waals surface area contributed by atoms with Crippen LogP contribution in [0.4, 0.5) is 11.5 Å². The number of nitrogens with zero attached hydrogens (tertiary/aromatic N) is 2. The highest BCUT2D eigenvalue weighted by Gasteiger charge is 2.11. The second-order valence-electron chi connectivity index (χ2n) is 3.46. The molecule has 60 valence electrons. The van der Waals surface area contributed by atoms with Crippen molar-refractivity contribution in [3.05, 3.63) is 18.3 Å². The van der Waals surface area contributed by atoms with Gasteiger partial charge in [-0.2, -0.15) is 0 Å². The second-order valence-corrected chi connectivity index (χ2v) is 3.46. The van der Waals surface area contributed by atoms with Gasteiger partial charge in [-0.25, -0.2) is 4.98 Å². The number of aromatic nitrogens is 1. The molecule has 0 radical (unpaired) electrons. The summed E-state index contributed by atoms with van der Waals surface area (Å²) in [5.74, 6) is 1.01. The second kappa shape index (κ2) is 2.51. The van der Waals surface area contributed by atoms with Crippen molar-refractivity contribution in [1.82, 2.24) is 9.47 Å². The van der Waals surface area contributed by atoms with E-state index in [2.05, 4.69) is 26.1 Å². The molecule has 0 amide bonds. The third kappa shape index (κ3) is 1.91. The van der Waals surface area contributed by atoms with Crippen LogP contribution in [-0.4, -0.2) is 26.1 Å². The summed E-state index contributed by atoms with van der Waals surface area (Å²) in [6.07, 6.45) is 1.68. The first-order chi connectivity index (χ1) is 5.00. The molecule has 11 heavy (non-hydrogen) atoms. The van der Waals surface area contributed by atoms with Crippen LogP contribution in [0.25, 0.3) is 0 Å². The topological polar surface area (TPSA) is 38.9 Å². The van der Waals surface area contributed by atoms with Gasteiger partial charge in [0.1, 0.15) is 0 Å². The Labute approximate surface area is 67.1 Å². The van der Waals surface area contributed by atoms with Gasteiger partial charge in [0.25, 0.3) is 0 Å². The van der Waals surface area contributed by atoms with E-state index in [9.17, 15) is 0 Å². The Kier molecular flexibility index (Phi) is 1.83. The summed E-state index contributed by atoms with van der Waals surface area (Å²) in [6.45, 7) is 0. The zero-order valence-corrected chi connectivity index (χ0v) is 7.20. The Balaban J connectivity index is 2.99. The molecule has 0 spiro atoms. The van der Waals surface area contributed by atoms with Crippen LogP contribution in [0.15, 0.2) is 18.3 Å². The summed E-state index contributed by atoms with van der Waals surface area (Å²) < 4.78 is 0.722. The minimum Gasteiger partial charge on any atom is -0.397 e. The van der Waals surface area contributed by atoms with E-state index in [1.165, 1.54) is 0 Å². The van der Waals surface area contributed by atoms with Crippen LogP contribution in [0.1, 0.15) is 0 Å². The molecule has 0 unspecified atom stereocenters. The van der Waals surface area contributed by atoms with Gasteiger partial charge in [0.15, 0.2) is 0 Å². The quantitative estimate of drug-likeness (QED) is 0.606. The molecule has 3 heteroatoms. The molecule has 3 nitrogen and oxygen atoms in total. The van der Waals surface area contributed by atoms with Gasteiger partial charge in [-0.05, 0) is 6.07 Å². The average Bonchev–Trinajstić information content (AvgIpc) is 1.86. The molecule has 1 rings (SSSR count). The van der Waals surface area contributed by atoms with Gasteiger partial charge in [-0.15, -0.1) is 0 Å². The largest absolute Gasteiger partial charge is 0.397 e. The molecule has 0 aliphatic carbocycles. The van der Waals surface area contributed by atoms with Gasteiger partial charge in [-0.1, -0.05) is 0 Å². The van der Waals surface area contributed by atoms with Crippen LogP contribution in [0.2, 0.25) is 0 Å². The Morgan fingerprint density at radius 1 is 1.27 bits per heavy atom. The van der Waals surface area contributed by atoms with Gasteiger partial charge < -0.3 is 5.73 Å². The number of nitrogens with two attached hydrogens (primary N) is 1. The fraction of sp³-hybridized carbons (Fsp3) is 0.375. The lowest BCUT2D eigenvalue weighted by Gasteiger charge is -2.21. The number of hydrogen-bond donors (Lipinski definition) is 1. The molecule has 0 aliphatic heterocycles. The van der Waals surface area contributed by atoms with Crippen LogP contribution in [0, 0.1) is 0 Å². The molecular weight excluding hydrogens is 138 g/mol. The zero-order valence-electron chi connectivity index (χ0n) is 7.20. The number of pyridine rings is 1. The smallest absolute Gasteiger partial charge is 0.226 e. The van der Waals surface area contributed by atoms with Crippen molar-refractivity contribution in [3.8, 4) is 0 Å². The fourth-order valence-electron chi connectivity index (χ4n) is 0.794. The first-order valence-electron chi connectivity index (χ1n) is 3.54. The maximum atomic E-state index is 5.50. The van der Waals surface area contributed by atoms with Crippen LogP contribution in [0.5, 0.6) is 0 Å². The predicted octanol–water partition coefficient (Wildman–Crippen LogP) is 0.861. The lowest BCUT2D eigenvalue weighted by Crippen LogP contribution is -2.35. The maximum absolute atomic E-state index is 5.50. The van der Waals surface area contributed by atoms with Gasteiger partial charge in [0, 0.05) is 6.07 Å². The van der Waals surface area contributed by atoms with Crippen LogP contribution < -0.4 is 10.2 Å². The van der Waals surface area contributed by atoms with Crippen molar-refractivity contribution < 1.29 is 0 Å². The van der Waals surface area contributed by atoms with Gasteiger partial charge in [-0.3, -0.25) is 4.48 Å². The Hall–Kier alpha value is -1.09. The molecule has 0 saturated heterocycles. The molecule has 1 aromatic heterocycles. The van der Waals surface area contributed by atoms with Crippen molar-refractivity contribution in [2.75, 3.05) is 26.9 Å². The maximum Gasteiger partial charge on any atom is 0.226 e. The minimum atomic E-state index is 0.710. The van der Waals surface area contributed by atoms with Crippen LogP contribution in [-0.2, 0) is 0 Å². The van der Waals surface area contributed by atoms with Crippen molar-refractivity contribution in [2.45, 2.75) is 0 Å². The number of quaternary nitrogens is 1. The third-order valence-electron chi connectivity index (χ3n) is 1.46. The highest BCUT2D eigenvalue weighted by molar-refractivity contribution is 5.42. The fourth-order valence-corrected chi connectivity index (χ4v) is 0.794. The van der Waals surface area contributed by atoms with E-state index < -0.39 is 0 Å². The summed E-state index contributed by atoms with van der Waals surface area (Å²) in [5.41, 5.74) is 6.21. The van der Waals surface area contributed by atoms with Gasteiger partial charge >= 0.3 is 0 Å². The summed E-state index contributed by atoms with van der Waals surface area (Å²) in [6, 6.07) is 3.81. The summed E-state index contributed by atoms with van der Waals surface area (Å²) >= 11 is 0. The van der Waals surface area contributed by atoms with Crippen LogP contribution in [0.3, 0.4) is 0 Å². The highest BCUT2D eigenvalue weighted by Crippen LogP contribution is 2.13. The lowest BCUT2D eigenvalue weighted by atomic mass is 10.4. The van der Waals surface area contributed by atoms with Gasteiger partial charge in [0.05, 0.1) is 33.0 Å². The molecule has 0 saturated carbocycles. The Morgan fingerprint density at radius 3 is 2.27 bits per heavy atom. The Morgan fingerprint density at radius 2 is 1.91 bits per heavy atom. The molecule has 0 bridgehead atoms. The lowest BCUT2D eigenvalue weighted by molar-refractivity contribution is 0.473. The summed E-state index contributed by atoms with van der Waals surface area (Å²) in [5, 5.41) is 0. The Bertz CT molecular complexity index is 233. The van der Waals surface area contributed by atoms with Crippen molar-refractivity contribution >= 4 is 11.5 Å². The molecule has 2 N–H and O–H groups in total. The van der Waals surface area contributed by atoms with E-state index in [0.717, 1.165) is 10.3 Å².